The summed E-state index contributed by atoms with van der Waals surface area (Å²) >= 11 is 6.22. The molecule has 8 nitrogen and oxygen atoms in total. The van der Waals surface area contributed by atoms with E-state index in [0.29, 0.717) is 28.5 Å². The van der Waals surface area contributed by atoms with Gasteiger partial charge in [0.05, 0.1) is 22.2 Å². The van der Waals surface area contributed by atoms with Crippen LogP contribution < -0.4 is 21.1 Å². The molecule has 3 N–H and O–H groups in total. The Kier molecular flexibility index (Phi) is 5.75. The second-order valence-electron chi connectivity index (χ2n) is 8.78. The zero-order chi connectivity index (χ0) is 22.3. The molecule has 1 aromatic heterocycles. The Morgan fingerprint density at radius 1 is 1.23 bits per heavy atom. The van der Waals surface area contributed by atoms with Crippen LogP contribution in [-0.2, 0) is 9.59 Å². The zero-order valence-corrected chi connectivity index (χ0v) is 18.5. The van der Waals surface area contributed by atoms with Crippen LogP contribution in [0.2, 0.25) is 5.02 Å². The summed E-state index contributed by atoms with van der Waals surface area (Å²) in [5.41, 5.74) is 1.14. The summed E-state index contributed by atoms with van der Waals surface area (Å²) in [4.78, 5) is 47.7. The first kappa shape index (κ1) is 21.4. The topological polar surface area (TPSA) is 107 Å². The molecular formula is C22H26ClN5O3. The van der Waals surface area contributed by atoms with Gasteiger partial charge in [0.25, 0.3) is 5.56 Å². The normalized spacial score (nSPS) is 23.2. The fraction of sp³-hybridized carbons (Fsp3) is 0.455. The van der Waals surface area contributed by atoms with E-state index in [1.54, 1.807) is 12.1 Å². The molecule has 4 rings (SSSR count). The van der Waals surface area contributed by atoms with E-state index in [-0.39, 0.29) is 23.7 Å². The predicted octanol–water partition coefficient (Wildman–Crippen LogP) is 3.28. The zero-order valence-electron chi connectivity index (χ0n) is 17.8. The van der Waals surface area contributed by atoms with Gasteiger partial charge in [-0.3, -0.25) is 19.4 Å². The van der Waals surface area contributed by atoms with Crippen LogP contribution in [0, 0.1) is 18.8 Å². The van der Waals surface area contributed by atoms with Gasteiger partial charge in [0.2, 0.25) is 17.8 Å². The number of carbonyl (C=O) groups excluding carboxylic acids is 2. The number of anilines is 3. The molecule has 2 aliphatic heterocycles. The number of benzene rings is 1. The van der Waals surface area contributed by atoms with E-state index >= 15 is 0 Å². The number of carbonyl (C=O) groups is 2. The van der Waals surface area contributed by atoms with Gasteiger partial charge < -0.3 is 15.5 Å². The second-order valence-corrected chi connectivity index (χ2v) is 9.19. The lowest BCUT2D eigenvalue weighted by atomic mass is 9.91. The minimum absolute atomic E-state index is 0.135. The van der Waals surface area contributed by atoms with Gasteiger partial charge in [-0.25, -0.2) is 0 Å². The number of aryl methyl sites for hydroxylation is 1. The van der Waals surface area contributed by atoms with Crippen LogP contribution in [0.1, 0.15) is 43.7 Å². The largest absolute Gasteiger partial charge is 0.342 e. The molecule has 2 aliphatic rings. The van der Waals surface area contributed by atoms with Crippen molar-refractivity contribution in [3.05, 3.63) is 44.7 Å². The van der Waals surface area contributed by atoms with Crippen molar-refractivity contribution < 1.29 is 9.59 Å². The van der Waals surface area contributed by atoms with Crippen molar-refractivity contribution in [2.75, 3.05) is 28.6 Å². The van der Waals surface area contributed by atoms with Gasteiger partial charge in [-0.1, -0.05) is 31.5 Å². The first-order valence-electron chi connectivity index (χ1n) is 10.5. The maximum absolute atomic E-state index is 13.0. The van der Waals surface area contributed by atoms with Crippen molar-refractivity contribution in [3.8, 4) is 0 Å². The van der Waals surface area contributed by atoms with E-state index in [1.807, 2.05) is 17.9 Å². The number of fused-ring (bicyclic) bond motifs is 1. The molecule has 0 unspecified atom stereocenters. The van der Waals surface area contributed by atoms with Crippen LogP contribution in [0.15, 0.2) is 23.0 Å². The number of aromatic amines is 1. The molecule has 3 heterocycles. The lowest BCUT2D eigenvalue weighted by Crippen LogP contribution is -2.42. The highest BCUT2D eigenvalue weighted by Gasteiger charge is 2.36. The quantitative estimate of drug-likeness (QED) is 0.674. The number of piperidine rings is 1. The van der Waals surface area contributed by atoms with Crippen molar-refractivity contribution in [2.24, 2.45) is 11.8 Å². The maximum atomic E-state index is 13.0. The number of hydrogen-bond donors (Lipinski definition) is 3. The Labute approximate surface area is 185 Å². The van der Waals surface area contributed by atoms with Gasteiger partial charge in [-0.15, -0.1) is 0 Å². The molecule has 0 bridgehead atoms. The Bertz CT molecular complexity index is 1090. The van der Waals surface area contributed by atoms with Crippen LogP contribution in [0.25, 0.3) is 0 Å². The molecule has 0 saturated carbocycles. The summed E-state index contributed by atoms with van der Waals surface area (Å²) in [6.07, 6.45) is 0.983. The van der Waals surface area contributed by atoms with Gasteiger partial charge >= 0.3 is 0 Å². The molecule has 9 heteroatoms. The highest BCUT2D eigenvalue weighted by atomic mass is 35.5. The number of nitrogens with one attached hydrogen (secondary N) is 3. The number of aromatic nitrogens is 2. The van der Waals surface area contributed by atoms with Gasteiger partial charge in [-0.2, -0.15) is 4.98 Å². The van der Waals surface area contributed by atoms with Crippen molar-refractivity contribution in [1.82, 2.24) is 9.97 Å². The van der Waals surface area contributed by atoms with Crippen molar-refractivity contribution >= 4 is 40.9 Å². The Morgan fingerprint density at radius 2 is 1.94 bits per heavy atom. The van der Waals surface area contributed by atoms with Crippen molar-refractivity contribution in [3.63, 3.8) is 0 Å². The molecule has 2 aromatic rings. The van der Waals surface area contributed by atoms with E-state index in [0.717, 1.165) is 25.1 Å². The molecule has 1 fully saturated rings. The molecule has 2 amide bonds. The van der Waals surface area contributed by atoms with Gasteiger partial charge in [0.1, 0.15) is 5.82 Å². The highest BCUT2D eigenvalue weighted by molar-refractivity contribution is 6.33. The van der Waals surface area contributed by atoms with Gasteiger partial charge in [0, 0.05) is 19.5 Å². The average molecular weight is 444 g/mol. The smallest absolute Gasteiger partial charge is 0.258 e. The van der Waals surface area contributed by atoms with E-state index in [2.05, 4.69) is 34.4 Å². The third-order valence-corrected chi connectivity index (χ3v) is 6.12. The molecule has 164 valence electrons. The Morgan fingerprint density at radius 3 is 2.61 bits per heavy atom. The molecule has 1 aromatic carbocycles. The summed E-state index contributed by atoms with van der Waals surface area (Å²) in [6, 6.07) is 5.26. The van der Waals surface area contributed by atoms with E-state index in [4.69, 9.17) is 11.6 Å². The number of amides is 2. The first-order valence-corrected chi connectivity index (χ1v) is 10.8. The maximum Gasteiger partial charge on any atom is 0.258 e. The Hall–Kier alpha value is -2.87. The third-order valence-electron chi connectivity index (χ3n) is 5.81. The minimum atomic E-state index is -0.953. The number of hydrogen-bond acceptors (Lipinski definition) is 5. The standard InChI is InChI=1S/C22H26ClN5O3/c1-11-4-5-16(15(23)7-11)24-20(30)14-8-17(29)25-19-18(14)21(31)27-22(26-19)28-9-12(2)6-13(3)10-28/h4-5,7,12-14H,6,8-10H2,1-3H3,(H,24,30)(H2,25,26,27,29,31)/t12-,13+,14-/m0/s1. The lowest BCUT2D eigenvalue weighted by molar-refractivity contribution is -0.123. The van der Waals surface area contributed by atoms with Crippen LogP contribution in [-0.4, -0.2) is 34.9 Å². The number of nitrogens with zero attached hydrogens (tertiary/aromatic N) is 2. The second kappa shape index (κ2) is 8.34. The number of halogens is 1. The summed E-state index contributed by atoms with van der Waals surface area (Å²) in [5.74, 6) is -0.268. The van der Waals surface area contributed by atoms with Crippen LogP contribution >= 0.6 is 11.6 Å². The Balaban J connectivity index is 1.65. The molecular weight excluding hydrogens is 418 g/mol. The predicted molar refractivity (Wildman–Crippen MR) is 121 cm³/mol. The minimum Gasteiger partial charge on any atom is -0.342 e. The van der Waals surface area contributed by atoms with E-state index in [1.165, 1.54) is 0 Å². The summed E-state index contributed by atoms with van der Waals surface area (Å²) in [6.45, 7) is 7.77. The van der Waals surface area contributed by atoms with Crippen LogP contribution in [0.5, 0.6) is 0 Å². The highest BCUT2D eigenvalue weighted by Crippen LogP contribution is 2.32. The lowest BCUT2D eigenvalue weighted by Gasteiger charge is -2.35. The van der Waals surface area contributed by atoms with Crippen LogP contribution in [0.4, 0.5) is 17.5 Å². The monoisotopic (exact) mass is 443 g/mol. The molecule has 0 radical (unpaired) electrons. The molecule has 0 aliphatic carbocycles. The summed E-state index contributed by atoms with van der Waals surface area (Å²) in [7, 11) is 0. The molecule has 31 heavy (non-hydrogen) atoms. The average Bonchev–Trinajstić information content (AvgIpc) is 2.68. The fourth-order valence-electron chi connectivity index (χ4n) is 4.51. The van der Waals surface area contributed by atoms with Gasteiger partial charge in [0.15, 0.2) is 0 Å². The van der Waals surface area contributed by atoms with E-state index < -0.39 is 17.4 Å². The van der Waals surface area contributed by atoms with E-state index in [9.17, 15) is 14.4 Å². The first-order chi connectivity index (χ1) is 14.7. The molecule has 3 atom stereocenters. The molecule has 0 spiro atoms. The summed E-state index contributed by atoms with van der Waals surface area (Å²) in [5, 5.41) is 5.80. The third kappa shape index (κ3) is 4.44. The SMILES string of the molecule is Cc1ccc(NC(=O)[C@H]2CC(=O)Nc3nc(N4C[C@H](C)C[C@H](C)C4)[nH]c(=O)c32)c(Cl)c1. The molecule has 1 saturated heterocycles. The number of H-pyrrole nitrogens is 1. The van der Waals surface area contributed by atoms with Crippen molar-refractivity contribution in [2.45, 2.75) is 39.5 Å². The fourth-order valence-corrected chi connectivity index (χ4v) is 4.79. The van der Waals surface area contributed by atoms with Gasteiger partial charge in [-0.05, 0) is 42.9 Å². The summed E-state index contributed by atoms with van der Waals surface area (Å²) < 4.78 is 0. The number of rotatable bonds is 3. The van der Waals surface area contributed by atoms with Crippen LogP contribution in [0.3, 0.4) is 0 Å². The van der Waals surface area contributed by atoms with Crippen molar-refractivity contribution in [1.29, 1.82) is 0 Å².